The molecule has 0 saturated heterocycles. The van der Waals surface area contributed by atoms with Crippen molar-refractivity contribution >= 4 is 12.4 Å². The highest BCUT2D eigenvalue weighted by Crippen LogP contribution is 2.21. The highest BCUT2D eigenvalue weighted by Gasteiger charge is 2.25. The van der Waals surface area contributed by atoms with Crippen LogP contribution in [0.2, 0.25) is 0 Å². The van der Waals surface area contributed by atoms with E-state index in [4.69, 9.17) is 9.47 Å². The number of benzene rings is 1. The summed E-state index contributed by atoms with van der Waals surface area (Å²) in [4.78, 5) is 21.6. The first-order chi connectivity index (χ1) is 10.1. The minimum absolute atomic E-state index is 0.0374. The Morgan fingerprint density at radius 1 is 1.29 bits per heavy atom. The summed E-state index contributed by atoms with van der Waals surface area (Å²) in [6.45, 7) is 5.74. The van der Waals surface area contributed by atoms with Gasteiger partial charge in [0.25, 0.3) is 0 Å². The van der Waals surface area contributed by atoms with Gasteiger partial charge in [0, 0.05) is 5.92 Å². The summed E-state index contributed by atoms with van der Waals surface area (Å²) >= 11 is 0. The normalized spacial score (nSPS) is 14.6. The molecule has 0 heterocycles. The van der Waals surface area contributed by atoms with E-state index in [9.17, 15) is 9.59 Å². The van der Waals surface area contributed by atoms with E-state index in [1.165, 1.54) is 0 Å². The first kappa shape index (κ1) is 17.0. The summed E-state index contributed by atoms with van der Waals surface area (Å²) in [5.74, 6) is 0.392. The minimum atomic E-state index is -0.448. The predicted molar refractivity (Wildman–Crippen MR) is 79.9 cm³/mol. The molecule has 0 radical (unpaired) electrons. The molecular formula is C16H23NO4. The molecule has 0 aliphatic heterocycles. The SMILES string of the molecule is CCC(Oc1ccccc1)C(C)C(C)OC(=O)CNC=O. The van der Waals surface area contributed by atoms with Gasteiger partial charge in [-0.25, -0.2) is 0 Å². The van der Waals surface area contributed by atoms with Gasteiger partial charge in [-0.2, -0.15) is 0 Å². The molecule has 3 unspecified atom stereocenters. The van der Waals surface area contributed by atoms with Gasteiger partial charge in [0.1, 0.15) is 24.5 Å². The van der Waals surface area contributed by atoms with Crippen LogP contribution in [0.1, 0.15) is 27.2 Å². The lowest BCUT2D eigenvalue weighted by atomic mass is 9.97. The maximum atomic E-state index is 11.5. The van der Waals surface area contributed by atoms with Crippen LogP contribution in [0, 0.1) is 5.92 Å². The van der Waals surface area contributed by atoms with Crippen LogP contribution < -0.4 is 10.1 Å². The zero-order valence-corrected chi connectivity index (χ0v) is 12.7. The van der Waals surface area contributed by atoms with Crippen molar-refractivity contribution in [2.45, 2.75) is 39.4 Å². The van der Waals surface area contributed by atoms with E-state index < -0.39 is 5.97 Å². The number of carbonyl (C=O) groups is 2. The van der Waals surface area contributed by atoms with Gasteiger partial charge in [0.05, 0.1) is 0 Å². The zero-order chi connectivity index (χ0) is 15.7. The van der Waals surface area contributed by atoms with Gasteiger partial charge in [-0.05, 0) is 25.5 Å². The Balaban J connectivity index is 2.54. The molecular weight excluding hydrogens is 270 g/mol. The van der Waals surface area contributed by atoms with Gasteiger partial charge in [-0.1, -0.05) is 32.0 Å². The third-order valence-electron chi connectivity index (χ3n) is 3.41. The number of esters is 1. The lowest BCUT2D eigenvalue weighted by Gasteiger charge is -2.28. The molecule has 0 aromatic heterocycles. The van der Waals surface area contributed by atoms with Gasteiger partial charge >= 0.3 is 5.97 Å². The van der Waals surface area contributed by atoms with Crippen molar-refractivity contribution in [3.63, 3.8) is 0 Å². The van der Waals surface area contributed by atoms with E-state index in [1.807, 2.05) is 51.1 Å². The van der Waals surface area contributed by atoms with Crippen molar-refractivity contribution < 1.29 is 19.1 Å². The van der Waals surface area contributed by atoms with Crippen molar-refractivity contribution in [1.29, 1.82) is 0 Å². The molecule has 0 spiro atoms. The van der Waals surface area contributed by atoms with E-state index in [-0.39, 0.29) is 24.7 Å². The van der Waals surface area contributed by atoms with Crippen LogP contribution in [0.25, 0.3) is 0 Å². The standard InChI is InChI=1S/C16H23NO4/c1-4-15(21-14-8-6-5-7-9-14)12(2)13(3)20-16(19)10-17-11-18/h5-9,11-13,15H,4,10H2,1-3H3,(H,17,18). The molecule has 1 rings (SSSR count). The summed E-state index contributed by atoms with van der Waals surface area (Å²) in [5, 5.41) is 2.29. The van der Waals surface area contributed by atoms with E-state index >= 15 is 0 Å². The Morgan fingerprint density at radius 3 is 2.52 bits per heavy atom. The van der Waals surface area contributed by atoms with Gasteiger partial charge < -0.3 is 14.8 Å². The quantitative estimate of drug-likeness (QED) is 0.560. The molecule has 0 aliphatic carbocycles. The summed E-state index contributed by atoms with van der Waals surface area (Å²) in [7, 11) is 0. The van der Waals surface area contributed by atoms with Crippen LogP contribution in [0.15, 0.2) is 30.3 Å². The lowest BCUT2D eigenvalue weighted by molar-refractivity contribution is -0.151. The second-order valence-electron chi connectivity index (χ2n) is 4.93. The molecule has 5 nitrogen and oxygen atoms in total. The van der Waals surface area contributed by atoms with Gasteiger partial charge in [0.2, 0.25) is 6.41 Å². The zero-order valence-electron chi connectivity index (χ0n) is 12.7. The second-order valence-corrected chi connectivity index (χ2v) is 4.93. The topological polar surface area (TPSA) is 64.6 Å². The van der Waals surface area contributed by atoms with Crippen LogP contribution >= 0.6 is 0 Å². The molecule has 0 fully saturated rings. The highest BCUT2D eigenvalue weighted by atomic mass is 16.5. The molecule has 1 aromatic rings. The maximum Gasteiger partial charge on any atom is 0.325 e. The van der Waals surface area contributed by atoms with Crippen LogP contribution in [-0.2, 0) is 14.3 Å². The third-order valence-corrected chi connectivity index (χ3v) is 3.41. The molecule has 3 atom stereocenters. The van der Waals surface area contributed by atoms with Crippen LogP contribution in [0.5, 0.6) is 5.75 Å². The Morgan fingerprint density at radius 2 is 1.95 bits per heavy atom. The Bertz CT molecular complexity index is 435. The number of para-hydroxylation sites is 1. The van der Waals surface area contributed by atoms with Crippen LogP contribution in [0.4, 0.5) is 0 Å². The van der Waals surface area contributed by atoms with Crippen LogP contribution in [0.3, 0.4) is 0 Å². The molecule has 1 aromatic carbocycles. The minimum Gasteiger partial charge on any atom is -0.490 e. The summed E-state index contributed by atoms with van der Waals surface area (Å²) < 4.78 is 11.2. The van der Waals surface area contributed by atoms with Crippen molar-refractivity contribution in [3.8, 4) is 5.75 Å². The summed E-state index contributed by atoms with van der Waals surface area (Å²) in [6.07, 6.45) is 0.946. The number of rotatable bonds is 9. The number of nitrogens with one attached hydrogen (secondary N) is 1. The average Bonchev–Trinajstić information content (AvgIpc) is 2.50. The van der Waals surface area contributed by atoms with Crippen LogP contribution in [-0.4, -0.2) is 31.1 Å². The average molecular weight is 293 g/mol. The second kappa shape index (κ2) is 9.00. The maximum absolute atomic E-state index is 11.5. The fourth-order valence-electron chi connectivity index (χ4n) is 2.02. The van der Waals surface area contributed by atoms with E-state index in [0.717, 1.165) is 12.2 Å². The lowest BCUT2D eigenvalue weighted by Crippen LogP contribution is -2.36. The number of hydrogen-bond acceptors (Lipinski definition) is 4. The van der Waals surface area contributed by atoms with Gasteiger partial charge in [0.15, 0.2) is 0 Å². The molecule has 116 valence electrons. The summed E-state index contributed by atoms with van der Waals surface area (Å²) in [6, 6.07) is 9.57. The third kappa shape index (κ3) is 5.85. The predicted octanol–water partition coefficient (Wildman–Crippen LogP) is 2.16. The molecule has 21 heavy (non-hydrogen) atoms. The first-order valence-electron chi connectivity index (χ1n) is 7.16. The van der Waals surface area contributed by atoms with E-state index in [0.29, 0.717) is 6.41 Å². The van der Waals surface area contributed by atoms with Crippen molar-refractivity contribution in [1.82, 2.24) is 5.32 Å². The van der Waals surface area contributed by atoms with Crippen molar-refractivity contribution in [3.05, 3.63) is 30.3 Å². The largest absolute Gasteiger partial charge is 0.490 e. The Kier molecular flexibility index (Phi) is 7.29. The van der Waals surface area contributed by atoms with E-state index in [2.05, 4.69) is 5.32 Å². The smallest absolute Gasteiger partial charge is 0.325 e. The monoisotopic (exact) mass is 293 g/mol. The molecule has 0 aliphatic rings. The fourth-order valence-corrected chi connectivity index (χ4v) is 2.02. The highest BCUT2D eigenvalue weighted by molar-refractivity contribution is 5.74. The van der Waals surface area contributed by atoms with Crippen molar-refractivity contribution in [2.24, 2.45) is 5.92 Å². The van der Waals surface area contributed by atoms with Gasteiger partial charge in [-0.3, -0.25) is 9.59 Å². The Hall–Kier alpha value is -2.04. The first-order valence-corrected chi connectivity index (χ1v) is 7.16. The number of ether oxygens (including phenoxy) is 2. The fraction of sp³-hybridized carbons (Fsp3) is 0.500. The van der Waals surface area contributed by atoms with E-state index in [1.54, 1.807) is 0 Å². The molecule has 1 N–H and O–H groups in total. The van der Waals surface area contributed by atoms with Crippen molar-refractivity contribution in [2.75, 3.05) is 6.54 Å². The number of carbonyl (C=O) groups excluding carboxylic acids is 2. The molecule has 0 saturated carbocycles. The Labute approximate surface area is 125 Å². The molecule has 5 heteroatoms. The summed E-state index contributed by atoms with van der Waals surface area (Å²) in [5.41, 5.74) is 0. The molecule has 1 amide bonds. The molecule has 0 bridgehead atoms. The number of hydrogen-bond donors (Lipinski definition) is 1. The van der Waals surface area contributed by atoms with Gasteiger partial charge in [-0.15, -0.1) is 0 Å². The number of amides is 1.